The van der Waals surface area contributed by atoms with Crippen molar-refractivity contribution in [2.45, 2.75) is 450 Å². The van der Waals surface area contributed by atoms with Gasteiger partial charge in [-0.15, -0.1) is 0 Å². The van der Waals surface area contributed by atoms with Gasteiger partial charge in [-0.2, -0.15) is 0 Å². The lowest BCUT2D eigenvalue weighted by Gasteiger charge is -2.21. The van der Waals surface area contributed by atoms with E-state index in [0.29, 0.717) is 19.3 Å². The average molecular weight is 1710 g/mol. The second-order valence-corrected chi connectivity index (χ2v) is 35.4. The normalized spacial score (nSPS) is 14.3. The Labute approximate surface area is 728 Å². The molecule has 16 nitrogen and oxygen atoms in total. The van der Waals surface area contributed by atoms with E-state index < -0.39 is 91.5 Å². The molecule has 688 valence electrons. The van der Waals surface area contributed by atoms with Crippen molar-refractivity contribution in [3.05, 3.63) is 134 Å². The minimum Gasteiger partial charge on any atom is -0.463 e. The Balaban J connectivity index is 4.39. The number of ether oxygens (including phenoxy) is 3. The Kier molecular flexibility index (Phi) is 89.5. The van der Waals surface area contributed by atoms with Crippen LogP contribution in [0.4, 0.5) is 0 Å². The Bertz CT molecular complexity index is 2690. The van der Waals surface area contributed by atoms with Crippen LogP contribution in [0.25, 0.3) is 0 Å². The van der Waals surface area contributed by atoms with Crippen LogP contribution in [-0.4, -0.2) is 95.9 Å². The summed E-state index contributed by atoms with van der Waals surface area (Å²) in [7, 11) is -9.80. The molecule has 0 amide bonds. The number of phosphoric acid groups is 2. The van der Waals surface area contributed by atoms with Crippen molar-refractivity contribution in [1.29, 1.82) is 0 Å². The first-order chi connectivity index (χ1) is 58.2. The van der Waals surface area contributed by atoms with Crippen molar-refractivity contribution in [2.24, 2.45) is 0 Å². The fourth-order valence-corrected chi connectivity index (χ4v) is 15.2. The van der Waals surface area contributed by atoms with Gasteiger partial charge < -0.3 is 34.2 Å². The molecular formula is C101H178O16P2. The van der Waals surface area contributed by atoms with E-state index in [1.54, 1.807) is 0 Å². The van der Waals surface area contributed by atoms with E-state index in [0.717, 1.165) is 141 Å². The summed E-state index contributed by atoms with van der Waals surface area (Å²) in [6.07, 6.45) is 117. The second kappa shape index (κ2) is 92.9. The van der Waals surface area contributed by atoms with Crippen LogP contribution in [0, 0.1) is 0 Å². The highest BCUT2D eigenvalue weighted by Gasteiger charge is 2.30. The molecule has 0 saturated heterocycles. The molecule has 5 unspecified atom stereocenters. The van der Waals surface area contributed by atoms with E-state index in [1.165, 1.54) is 231 Å². The maximum absolute atomic E-state index is 13.0. The molecule has 0 heterocycles. The molecule has 0 fully saturated rings. The van der Waals surface area contributed by atoms with Crippen LogP contribution >= 0.6 is 15.6 Å². The fourth-order valence-electron chi connectivity index (χ4n) is 13.6. The van der Waals surface area contributed by atoms with Gasteiger partial charge >= 0.3 is 33.6 Å². The van der Waals surface area contributed by atoms with E-state index in [-0.39, 0.29) is 19.3 Å². The third-order valence-corrected chi connectivity index (χ3v) is 22.7. The van der Waals surface area contributed by atoms with Crippen molar-refractivity contribution < 1.29 is 75.8 Å². The molecule has 0 saturated carbocycles. The number of unbranched alkanes of at least 4 members (excludes halogenated alkanes) is 47. The smallest absolute Gasteiger partial charge is 0.463 e. The molecule has 0 spiro atoms. The standard InChI is InChI=1S/C101H178O16P2/c1-4-7-10-13-16-19-22-25-28-30-32-34-36-38-40-42-44-46-47-49-51-52-54-56-58-60-62-64-67-69-72-75-78-81-84-87-99(104)111-90-96(102)91-113-118(107,108)114-92-97(103)93-115-119(109,110)116-95-98(117-101(106)89-86-83-80-77-74-71-66-27-24-21-18-15-12-9-6-3)94-112-100(105)88-85-82-79-76-73-70-68-65-63-61-59-57-55-53-50-48-45-43-41-39-37-35-33-31-29-26-23-20-17-14-11-8-5-2/h7-8,10-11,16-17,19-20,25-29,32-35,38-41,66,96-98,102-103H,4-6,9,12-15,18,21-24,30-31,36-37,42-65,67-95H2,1-3H3,(H,107,108)(H,109,110)/b10-7-,11-8-,19-16-,20-17-,28-25-,29-26-,34-32-,35-33-,40-38-,41-39-,66-27-. The molecule has 0 radical (unpaired) electrons. The van der Waals surface area contributed by atoms with Crippen LogP contribution in [-0.2, 0) is 55.8 Å². The maximum atomic E-state index is 13.0. The predicted molar refractivity (Wildman–Crippen MR) is 500 cm³/mol. The quantitative estimate of drug-likeness (QED) is 0.0146. The molecule has 0 aromatic rings. The molecule has 0 rings (SSSR count). The first-order valence-electron chi connectivity index (χ1n) is 48.5. The zero-order chi connectivity index (χ0) is 86.5. The maximum Gasteiger partial charge on any atom is 0.472 e. The van der Waals surface area contributed by atoms with E-state index in [1.807, 2.05) is 0 Å². The Morgan fingerprint density at radius 1 is 0.244 bits per heavy atom. The summed E-state index contributed by atoms with van der Waals surface area (Å²) in [4.78, 5) is 59.0. The van der Waals surface area contributed by atoms with Crippen molar-refractivity contribution >= 4 is 33.6 Å². The van der Waals surface area contributed by atoms with Gasteiger partial charge in [-0.05, 0) is 135 Å². The summed E-state index contributed by atoms with van der Waals surface area (Å²) in [5, 5.41) is 20.7. The summed E-state index contributed by atoms with van der Waals surface area (Å²) in [6.45, 7) is 2.52. The highest BCUT2D eigenvalue weighted by Crippen LogP contribution is 2.45. The predicted octanol–water partition coefficient (Wildman–Crippen LogP) is 30.1. The number of aliphatic hydroxyl groups excluding tert-OH is 2. The summed E-state index contributed by atoms with van der Waals surface area (Å²) in [5.41, 5.74) is 0. The average Bonchev–Trinajstić information content (AvgIpc) is 0.898. The number of hydrogen-bond acceptors (Lipinski definition) is 14. The summed E-state index contributed by atoms with van der Waals surface area (Å²) < 4.78 is 61.5. The molecule has 0 aromatic carbocycles. The van der Waals surface area contributed by atoms with E-state index in [2.05, 4.69) is 154 Å². The molecule has 0 aliphatic carbocycles. The number of hydrogen-bond donors (Lipinski definition) is 4. The Morgan fingerprint density at radius 2 is 0.445 bits per heavy atom. The minimum atomic E-state index is -4.94. The number of phosphoric ester groups is 2. The highest BCUT2D eigenvalue weighted by molar-refractivity contribution is 7.47. The topological polar surface area (TPSA) is 231 Å². The highest BCUT2D eigenvalue weighted by atomic mass is 31.2. The lowest BCUT2D eigenvalue weighted by molar-refractivity contribution is -0.161. The molecule has 5 atom stereocenters. The van der Waals surface area contributed by atoms with Gasteiger partial charge in [-0.1, -0.05) is 411 Å². The van der Waals surface area contributed by atoms with Gasteiger partial charge in [-0.25, -0.2) is 9.13 Å². The first kappa shape index (κ1) is 115. The number of carbonyl (C=O) groups is 3. The largest absolute Gasteiger partial charge is 0.472 e. The summed E-state index contributed by atoms with van der Waals surface area (Å²) in [5.74, 6) is -1.56. The molecule has 0 aromatic heterocycles. The van der Waals surface area contributed by atoms with E-state index in [9.17, 15) is 43.5 Å². The van der Waals surface area contributed by atoms with Crippen LogP contribution < -0.4 is 0 Å². The Hall–Kier alpha value is -4.31. The molecule has 0 aliphatic rings. The van der Waals surface area contributed by atoms with Gasteiger partial charge in [0.2, 0.25) is 0 Å². The van der Waals surface area contributed by atoms with Crippen LogP contribution in [0.5, 0.6) is 0 Å². The number of rotatable bonds is 92. The molecule has 0 bridgehead atoms. The zero-order valence-electron chi connectivity index (χ0n) is 76.0. The third-order valence-electron chi connectivity index (χ3n) is 20.8. The van der Waals surface area contributed by atoms with Crippen LogP contribution in [0.15, 0.2) is 134 Å². The van der Waals surface area contributed by atoms with Crippen molar-refractivity contribution in [3.63, 3.8) is 0 Å². The molecule has 0 aliphatic heterocycles. The lowest BCUT2D eigenvalue weighted by atomic mass is 10.0. The van der Waals surface area contributed by atoms with Crippen molar-refractivity contribution in [3.8, 4) is 0 Å². The summed E-state index contributed by atoms with van der Waals surface area (Å²) >= 11 is 0. The molecule has 119 heavy (non-hydrogen) atoms. The lowest BCUT2D eigenvalue weighted by Crippen LogP contribution is -2.30. The number of aliphatic hydroxyl groups is 2. The Morgan fingerprint density at radius 3 is 0.714 bits per heavy atom. The van der Waals surface area contributed by atoms with Gasteiger partial charge in [0, 0.05) is 19.3 Å². The van der Waals surface area contributed by atoms with Crippen LogP contribution in [0.1, 0.15) is 432 Å². The van der Waals surface area contributed by atoms with Crippen LogP contribution in [0.2, 0.25) is 0 Å². The third kappa shape index (κ3) is 94.2. The van der Waals surface area contributed by atoms with Gasteiger partial charge in [0.1, 0.15) is 25.4 Å². The monoisotopic (exact) mass is 1710 g/mol. The van der Waals surface area contributed by atoms with Gasteiger partial charge in [-0.3, -0.25) is 32.5 Å². The van der Waals surface area contributed by atoms with E-state index in [4.69, 9.17) is 32.3 Å². The SMILES string of the molecule is CC/C=C\C/C=C\C/C=C\C/C=C\C/C=C\CCCCCCCCCCCCCCCCCCCCCC(=O)OCC(O)COP(=O)(O)OCC(O)COP(=O)(O)OCC(COC(=O)CCCCCCCCCCCCCCCCCCC/C=C\C/C=C\C/C=C\C/C=C\C/C=C\CC)OC(=O)CCCCCCC/C=C\CCCCCCCC. The fraction of sp³-hybridized carbons (Fsp3) is 0.752. The van der Waals surface area contributed by atoms with Crippen LogP contribution in [0.3, 0.4) is 0 Å². The summed E-state index contributed by atoms with van der Waals surface area (Å²) in [6, 6.07) is 0. The van der Waals surface area contributed by atoms with Gasteiger partial charge in [0.05, 0.1) is 26.4 Å². The van der Waals surface area contributed by atoms with Gasteiger partial charge in [0.25, 0.3) is 0 Å². The molecular weight excluding hydrogens is 1530 g/mol. The van der Waals surface area contributed by atoms with Gasteiger partial charge in [0.15, 0.2) is 6.10 Å². The molecule has 4 N–H and O–H groups in total. The first-order valence-corrected chi connectivity index (χ1v) is 51.5. The number of esters is 3. The van der Waals surface area contributed by atoms with Crippen molar-refractivity contribution in [2.75, 3.05) is 39.6 Å². The zero-order valence-corrected chi connectivity index (χ0v) is 77.8. The minimum absolute atomic E-state index is 0.0967. The number of allylic oxidation sites excluding steroid dienone is 22. The molecule has 18 heteroatoms. The number of carbonyl (C=O) groups excluding carboxylic acids is 3. The van der Waals surface area contributed by atoms with E-state index >= 15 is 0 Å². The van der Waals surface area contributed by atoms with Crippen molar-refractivity contribution in [1.82, 2.24) is 0 Å². The second-order valence-electron chi connectivity index (χ2n) is 32.5.